The highest BCUT2D eigenvalue weighted by Crippen LogP contribution is 2.60. The van der Waals surface area contributed by atoms with Gasteiger partial charge in [-0.3, -0.25) is 0 Å². The summed E-state index contributed by atoms with van der Waals surface area (Å²) in [7, 11) is -0.705. The van der Waals surface area contributed by atoms with E-state index in [2.05, 4.69) is 158 Å². The summed E-state index contributed by atoms with van der Waals surface area (Å²) in [5, 5.41) is 0. The Kier molecular flexibility index (Phi) is 8.34. The first kappa shape index (κ1) is 35.5. The fourth-order valence-electron chi connectivity index (χ4n) is 9.60. The summed E-state index contributed by atoms with van der Waals surface area (Å²) in [5.41, 5.74) is 16.7. The Morgan fingerprint density at radius 2 is 0.926 bits per heavy atom. The monoisotopic (exact) mass is 712 g/mol. The lowest BCUT2D eigenvalue weighted by Crippen LogP contribution is -2.35. The molecule has 0 N–H and O–H groups in total. The third kappa shape index (κ3) is 5.36. The van der Waals surface area contributed by atoms with Crippen LogP contribution in [0.3, 0.4) is 0 Å². The molecule has 2 aliphatic heterocycles. The Bertz CT molecular complexity index is 2210. The molecule has 5 aromatic rings. The van der Waals surface area contributed by atoms with Crippen molar-refractivity contribution in [3.05, 3.63) is 154 Å². The van der Waals surface area contributed by atoms with Gasteiger partial charge in [0.05, 0.1) is 31.8 Å². The van der Waals surface area contributed by atoms with Gasteiger partial charge < -0.3 is 18.6 Å². The van der Waals surface area contributed by atoms with Crippen molar-refractivity contribution in [3.63, 3.8) is 0 Å². The van der Waals surface area contributed by atoms with Gasteiger partial charge in [0.15, 0.2) is 0 Å². The molecule has 2 heterocycles. The molecule has 4 aliphatic rings. The molecular weight excluding hydrogens is 662 g/mol. The van der Waals surface area contributed by atoms with Crippen LogP contribution in [0.15, 0.2) is 110 Å². The van der Waals surface area contributed by atoms with E-state index in [9.17, 15) is 0 Å². The van der Waals surface area contributed by atoms with Crippen molar-refractivity contribution in [1.29, 1.82) is 0 Å². The quantitative estimate of drug-likeness (QED) is 0.128. The molecule has 6 heteroatoms. The molecule has 0 aromatic heterocycles. The van der Waals surface area contributed by atoms with Crippen LogP contribution in [0.5, 0.6) is 0 Å². The van der Waals surface area contributed by atoms with Crippen molar-refractivity contribution in [2.75, 3.05) is 26.4 Å². The highest BCUT2D eigenvalue weighted by Gasteiger charge is 2.50. The van der Waals surface area contributed by atoms with Gasteiger partial charge >= 0.3 is 14.2 Å². The van der Waals surface area contributed by atoms with Crippen molar-refractivity contribution in [2.24, 2.45) is 0 Å². The molecule has 0 spiro atoms. The van der Waals surface area contributed by atoms with Crippen LogP contribution in [0.2, 0.25) is 0 Å². The molecule has 4 nitrogen and oxygen atoms in total. The summed E-state index contributed by atoms with van der Waals surface area (Å²) in [6, 6.07) is 37.6. The van der Waals surface area contributed by atoms with Crippen LogP contribution in [-0.2, 0) is 40.3 Å². The molecule has 2 aliphatic carbocycles. The van der Waals surface area contributed by atoms with E-state index >= 15 is 0 Å². The molecule has 0 bridgehead atoms. The van der Waals surface area contributed by atoms with E-state index in [0.717, 1.165) is 17.3 Å². The number of fused-ring (bicyclic) bond motifs is 6. The zero-order valence-electron chi connectivity index (χ0n) is 32.8. The lowest BCUT2D eigenvalue weighted by atomic mass is 9.65. The first-order chi connectivity index (χ1) is 25.8. The summed E-state index contributed by atoms with van der Waals surface area (Å²) >= 11 is 0. The van der Waals surface area contributed by atoms with Gasteiger partial charge in [0.2, 0.25) is 0 Å². The van der Waals surface area contributed by atoms with Crippen molar-refractivity contribution >= 4 is 25.2 Å². The van der Waals surface area contributed by atoms with Crippen molar-refractivity contribution in [2.45, 2.75) is 76.5 Å². The molecule has 2 fully saturated rings. The van der Waals surface area contributed by atoms with E-state index < -0.39 is 5.41 Å². The van der Waals surface area contributed by atoms with E-state index in [-0.39, 0.29) is 30.5 Å². The minimum Gasteiger partial charge on any atom is -0.405 e. The maximum atomic E-state index is 6.12. The molecule has 5 aromatic carbocycles. The van der Waals surface area contributed by atoms with Crippen LogP contribution in [0, 0.1) is 0 Å². The number of benzene rings is 5. The molecule has 1 unspecified atom stereocenters. The minimum absolute atomic E-state index is 0.0312. The van der Waals surface area contributed by atoms with Gasteiger partial charge in [-0.05, 0) is 107 Å². The molecule has 0 amide bonds. The fraction of sp³-hybridized carbons (Fsp3) is 0.333. The highest BCUT2D eigenvalue weighted by molar-refractivity contribution is 6.62. The Labute approximate surface area is 322 Å². The standard InChI is InChI=1S/C48H50B2O4/c1-9-22-47(8)41-27-35(49-51-23-24-52-49)18-20-37(41)39-30-44-40(29-42(39)47)38-21-19-36(50-53-25-26-54-50)28-43(38)48(44,33-14-10-31(11-15-33)45(2,3)4)34-16-12-32(13-17-34)46(5,6)7/h9-21,27-30H,1,22-26H2,2-8H3. The molecule has 0 saturated carbocycles. The van der Waals surface area contributed by atoms with E-state index in [1.54, 1.807) is 0 Å². The van der Waals surface area contributed by atoms with Crippen molar-refractivity contribution in [1.82, 2.24) is 0 Å². The van der Waals surface area contributed by atoms with Crippen LogP contribution in [0.4, 0.5) is 0 Å². The normalized spacial score (nSPS) is 19.8. The summed E-state index contributed by atoms with van der Waals surface area (Å²) in [4.78, 5) is 0. The Balaban J connectivity index is 1.35. The maximum Gasteiger partial charge on any atom is 0.494 e. The van der Waals surface area contributed by atoms with Gasteiger partial charge in [-0.1, -0.05) is 139 Å². The third-order valence-corrected chi connectivity index (χ3v) is 12.5. The molecule has 0 radical (unpaired) electrons. The van der Waals surface area contributed by atoms with Crippen LogP contribution >= 0.6 is 0 Å². The highest BCUT2D eigenvalue weighted by atomic mass is 16.6. The van der Waals surface area contributed by atoms with Crippen molar-refractivity contribution < 1.29 is 18.6 Å². The largest absolute Gasteiger partial charge is 0.494 e. The molecule has 1 atom stereocenters. The number of hydrogen-bond acceptors (Lipinski definition) is 4. The summed E-state index contributed by atoms with van der Waals surface area (Å²) in [6.45, 7) is 22.8. The predicted octanol–water partition coefficient (Wildman–Crippen LogP) is 8.99. The zero-order valence-corrected chi connectivity index (χ0v) is 32.8. The maximum absolute atomic E-state index is 6.12. The van der Waals surface area contributed by atoms with Gasteiger partial charge in [0.1, 0.15) is 0 Å². The SMILES string of the molecule is C=CCC1(C)c2cc(B3OCCO3)ccc2-c2cc3c(cc21)-c1ccc(B2OCCO2)cc1C3(c1ccc(C(C)(C)C)cc1)c1ccc(C(C)(C)C)cc1. The summed E-state index contributed by atoms with van der Waals surface area (Å²) in [5.74, 6) is 0. The molecule has 2 saturated heterocycles. The second-order valence-electron chi connectivity index (χ2n) is 17.9. The van der Waals surface area contributed by atoms with Gasteiger partial charge in [0, 0.05) is 5.41 Å². The lowest BCUT2D eigenvalue weighted by Gasteiger charge is -2.35. The first-order valence-electron chi connectivity index (χ1n) is 19.6. The molecule has 54 heavy (non-hydrogen) atoms. The van der Waals surface area contributed by atoms with Crippen molar-refractivity contribution in [3.8, 4) is 22.3 Å². The second kappa shape index (κ2) is 12.7. The summed E-state index contributed by atoms with van der Waals surface area (Å²) in [6.07, 6.45) is 2.89. The van der Waals surface area contributed by atoms with Gasteiger partial charge in [-0.15, -0.1) is 6.58 Å². The Morgan fingerprint density at radius 1 is 0.537 bits per heavy atom. The van der Waals surface area contributed by atoms with Gasteiger partial charge in [-0.2, -0.15) is 0 Å². The van der Waals surface area contributed by atoms with Gasteiger partial charge in [0.25, 0.3) is 0 Å². The van der Waals surface area contributed by atoms with Crippen LogP contribution in [-0.4, -0.2) is 40.7 Å². The second-order valence-corrected chi connectivity index (χ2v) is 17.9. The topological polar surface area (TPSA) is 36.9 Å². The average Bonchev–Trinajstić information content (AvgIpc) is 3.97. The van der Waals surface area contributed by atoms with Gasteiger partial charge in [-0.25, -0.2) is 0 Å². The molecule has 272 valence electrons. The van der Waals surface area contributed by atoms with E-state index in [1.807, 2.05) is 0 Å². The van der Waals surface area contributed by atoms with E-state index in [1.165, 1.54) is 66.8 Å². The molecule has 9 rings (SSSR count). The summed E-state index contributed by atoms with van der Waals surface area (Å²) < 4.78 is 24.2. The van der Waals surface area contributed by atoms with E-state index in [4.69, 9.17) is 18.6 Å². The third-order valence-electron chi connectivity index (χ3n) is 12.5. The first-order valence-corrected chi connectivity index (χ1v) is 19.6. The fourth-order valence-corrected chi connectivity index (χ4v) is 9.60. The number of hydrogen-bond donors (Lipinski definition) is 0. The Hall–Kier alpha value is -4.19. The lowest BCUT2D eigenvalue weighted by molar-refractivity contribution is 0.365. The zero-order chi connectivity index (χ0) is 37.6. The minimum atomic E-state index is -0.593. The van der Waals surface area contributed by atoms with Crippen LogP contribution in [0.25, 0.3) is 22.3 Å². The number of rotatable bonds is 6. The molecular formula is C48H50B2O4. The van der Waals surface area contributed by atoms with Crippen LogP contribution < -0.4 is 10.9 Å². The number of allylic oxidation sites excluding steroid dienone is 1. The Morgan fingerprint density at radius 3 is 1.39 bits per heavy atom. The predicted molar refractivity (Wildman–Crippen MR) is 222 cm³/mol. The average molecular weight is 713 g/mol. The smallest absolute Gasteiger partial charge is 0.405 e. The van der Waals surface area contributed by atoms with Crippen LogP contribution in [0.1, 0.15) is 99.4 Å². The van der Waals surface area contributed by atoms with E-state index in [0.29, 0.717) is 26.4 Å².